The molecule has 0 aliphatic heterocycles. The molecule has 86 valence electrons. The Labute approximate surface area is 99.3 Å². The van der Waals surface area contributed by atoms with Crippen LogP contribution in [0.1, 0.15) is 40.5 Å². The molecule has 1 aromatic heterocycles. The summed E-state index contributed by atoms with van der Waals surface area (Å²) in [4.78, 5) is 11.2. The lowest BCUT2D eigenvalue weighted by atomic mass is 10.2. The largest absolute Gasteiger partial charge is 0.296 e. The zero-order valence-electron chi connectivity index (χ0n) is 9.63. The van der Waals surface area contributed by atoms with Gasteiger partial charge in [0.15, 0.2) is 6.29 Å². The second-order valence-corrected chi connectivity index (χ2v) is 4.45. The highest BCUT2D eigenvalue weighted by Gasteiger charge is 2.30. The van der Waals surface area contributed by atoms with E-state index in [2.05, 4.69) is 10.3 Å². The Kier molecular flexibility index (Phi) is 2.28. The summed E-state index contributed by atoms with van der Waals surface area (Å²) < 4.78 is 1.65. The van der Waals surface area contributed by atoms with Crippen molar-refractivity contribution in [2.75, 3.05) is 0 Å². The molecule has 1 aliphatic rings. The summed E-state index contributed by atoms with van der Waals surface area (Å²) in [5.74, 6) is 0.438. The summed E-state index contributed by atoms with van der Waals surface area (Å²) in [6, 6.07) is 7.86. The van der Waals surface area contributed by atoms with Crippen molar-refractivity contribution in [2.45, 2.75) is 25.7 Å². The highest BCUT2D eigenvalue weighted by atomic mass is 16.1. The first-order valence-electron chi connectivity index (χ1n) is 5.78. The molecular weight excluding hydrogens is 214 g/mol. The van der Waals surface area contributed by atoms with Gasteiger partial charge in [-0.15, -0.1) is 5.10 Å². The molecule has 4 heteroatoms. The Hall–Kier alpha value is -1.97. The predicted octanol–water partition coefficient (Wildman–Crippen LogP) is 2.27. The summed E-state index contributed by atoms with van der Waals surface area (Å²) in [5.41, 5.74) is 3.46. The highest BCUT2D eigenvalue weighted by molar-refractivity contribution is 5.75. The van der Waals surface area contributed by atoms with Crippen molar-refractivity contribution in [1.82, 2.24) is 15.0 Å². The van der Waals surface area contributed by atoms with Crippen LogP contribution >= 0.6 is 0 Å². The van der Waals surface area contributed by atoms with E-state index in [0.29, 0.717) is 11.6 Å². The third-order valence-electron chi connectivity index (χ3n) is 3.15. The minimum absolute atomic E-state index is 0.438. The van der Waals surface area contributed by atoms with Gasteiger partial charge < -0.3 is 0 Å². The second-order valence-electron chi connectivity index (χ2n) is 4.45. The zero-order valence-corrected chi connectivity index (χ0v) is 9.63. The fraction of sp³-hybridized carbons (Fsp3) is 0.308. The number of carbonyl (C=O) groups is 1. The molecule has 1 fully saturated rings. The summed E-state index contributed by atoms with van der Waals surface area (Å²) >= 11 is 0. The zero-order chi connectivity index (χ0) is 11.8. The Bertz CT molecular complexity index is 570. The maximum absolute atomic E-state index is 11.2. The molecule has 1 heterocycles. The Morgan fingerprint density at radius 1 is 1.35 bits per heavy atom. The van der Waals surface area contributed by atoms with E-state index in [-0.39, 0.29) is 0 Å². The first-order chi connectivity index (χ1) is 8.31. The Morgan fingerprint density at radius 3 is 2.76 bits per heavy atom. The van der Waals surface area contributed by atoms with E-state index in [1.807, 2.05) is 31.2 Å². The summed E-state index contributed by atoms with van der Waals surface area (Å²) in [6.07, 6.45) is 3.10. The van der Waals surface area contributed by atoms with Crippen LogP contribution in [-0.4, -0.2) is 21.3 Å². The molecule has 0 unspecified atom stereocenters. The SMILES string of the molecule is Cc1ccccc1-n1nnc(C2CC2)c1C=O. The molecule has 1 saturated carbocycles. The molecule has 0 atom stereocenters. The van der Waals surface area contributed by atoms with Gasteiger partial charge in [-0.1, -0.05) is 23.4 Å². The van der Waals surface area contributed by atoms with Gasteiger partial charge in [-0.05, 0) is 31.4 Å². The highest BCUT2D eigenvalue weighted by Crippen LogP contribution is 2.40. The van der Waals surface area contributed by atoms with Gasteiger partial charge in [-0.2, -0.15) is 0 Å². The number of nitrogens with zero attached hydrogens (tertiary/aromatic N) is 3. The monoisotopic (exact) mass is 227 g/mol. The van der Waals surface area contributed by atoms with Crippen molar-refractivity contribution >= 4 is 6.29 Å². The topological polar surface area (TPSA) is 47.8 Å². The van der Waals surface area contributed by atoms with Gasteiger partial charge in [0.1, 0.15) is 5.69 Å². The van der Waals surface area contributed by atoms with E-state index < -0.39 is 0 Å². The predicted molar refractivity (Wildman–Crippen MR) is 63.5 cm³/mol. The van der Waals surface area contributed by atoms with Crippen molar-refractivity contribution < 1.29 is 4.79 Å². The van der Waals surface area contributed by atoms with Gasteiger partial charge in [-0.3, -0.25) is 4.79 Å². The molecule has 17 heavy (non-hydrogen) atoms. The fourth-order valence-electron chi connectivity index (χ4n) is 2.04. The van der Waals surface area contributed by atoms with Gasteiger partial charge in [0.25, 0.3) is 0 Å². The van der Waals surface area contributed by atoms with Crippen LogP contribution in [0.15, 0.2) is 24.3 Å². The van der Waals surface area contributed by atoms with Crippen molar-refractivity contribution in [3.05, 3.63) is 41.2 Å². The number of aromatic nitrogens is 3. The molecule has 0 spiro atoms. The van der Waals surface area contributed by atoms with Crippen LogP contribution in [0.25, 0.3) is 5.69 Å². The third-order valence-corrected chi connectivity index (χ3v) is 3.15. The van der Waals surface area contributed by atoms with Crippen LogP contribution in [0.2, 0.25) is 0 Å². The molecule has 4 nitrogen and oxygen atoms in total. The van der Waals surface area contributed by atoms with Gasteiger partial charge in [0.05, 0.1) is 11.4 Å². The van der Waals surface area contributed by atoms with E-state index >= 15 is 0 Å². The van der Waals surface area contributed by atoms with E-state index in [9.17, 15) is 4.79 Å². The van der Waals surface area contributed by atoms with Crippen LogP contribution in [0, 0.1) is 6.92 Å². The van der Waals surface area contributed by atoms with Crippen molar-refractivity contribution in [3.8, 4) is 5.69 Å². The summed E-state index contributed by atoms with van der Waals surface area (Å²) in [7, 11) is 0. The molecular formula is C13H13N3O. The molecule has 0 saturated heterocycles. The van der Waals surface area contributed by atoms with Crippen LogP contribution in [-0.2, 0) is 0 Å². The van der Waals surface area contributed by atoms with Crippen molar-refractivity contribution in [3.63, 3.8) is 0 Å². The molecule has 0 radical (unpaired) electrons. The molecule has 0 amide bonds. The Balaban J connectivity index is 2.14. The van der Waals surface area contributed by atoms with Gasteiger partial charge in [0, 0.05) is 5.92 Å². The van der Waals surface area contributed by atoms with E-state index in [0.717, 1.165) is 36.1 Å². The van der Waals surface area contributed by atoms with E-state index in [1.54, 1.807) is 4.68 Å². The minimum Gasteiger partial charge on any atom is -0.296 e. The van der Waals surface area contributed by atoms with Gasteiger partial charge in [-0.25, -0.2) is 4.68 Å². The van der Waals surface area contributed by atoms with Crippen LogP contribution in [0.3, 0.4) is 0 Å². The number of para-hydroxylation sites is 1. The summed E-state index contributed by atoms with van der Waals surface area (Å²) in [5, 5.41) is 8.26. The average molecular weight is 227 g/mol. The third kappa shape index (κ3) is 1.65. The summed E-state index contributed by atoms with van der Waals surface area (Å²) in [6.45, 7) is 2.00. The second kappa shape index (κ2) is 3.80. The normalized spacial score (nSPS) is 14.9. The molecule has 1 aromatic carbocycles. The van der Waals surface area contributed by atoms with Crippen LogP contribution < -0.4 is 0 Å². The minimum atomic E-state index is 0.438. The maximum Gasteiger partial charge on any atom is 0.170 e. The first kappa shape index (κ1) is 10.2. The standard InChI is InChI=1S/C13H13N3O/c1-9-4-2-3-5-11(9)16-12(8-17)13(14-15-16)10-6-7-10/h2-5,8,10H,6-7H2,1H3. The number of hydrogen-bond acceptors (Lipinski definition) is 3. The number of hydrogen-bond donors (Lipinski definition) is 0. The molecule has 0 N–H and O–H groups in total. The quantitative estimate of drug-likeness (QED) is 0.756. The lowest BCUT2D eigenvalue weighted by Gasteiger charge is -2.05. The van der Waals surface area contributed by atoms with Crippen LogP contribution in [0.5, 0.6) is 0 Å². The average Bonchev–Trinajstić information content (AvgIpc) is 3.10. The van der Waals surface area contributed by atoms with Crippen LogP contribution in [0.4, 0.5) is 0 Å². The fourth-order valence-corrected chi connectivity index (χ4v) is 2.04. The maximum atomic E-state index is 11.2. The number of benzene rings is 1. The van der Waals surface area contributed by atoms with Crippen molar-refractivity contribution in [2.24, 2.45) is 0 Å². The molecule has 3 rings (SSSR count). The molecule has 0 bridgehead atoms. The lowest BCUT2D eigenvalue weighted by molar-refractivity contribution is 0.111. The van der Waals surface area contributed by atoms with E-state index in [1.165, 1.54) is 0 Å². The number of aryl methyl sites for hydroxylation is 1. The first-order valence-corrected chi connectivity index (χ1v) is 5.78. The van der Waals surface area contributed by atoms with Gasteiger partial charge >= 0.3 is 0 Å². The van der Waals surface area contributed by atoms with Gasteiger partial charge in [0.2, 0.25) is 0 Å². The lowest BCUT2D eigenvalue weighted by Crippen LogP contribution is -2.04. The number of aldehydes is 1. The van der Waals surface area contributed by atoms with E-state index in [4.69, 9.17) is 0 Å². The van der Waals surface area contributed by atoms with Crippen molar-refractivity contribution in [1.29, 1.82) is 0 Å². The molecule has 1 aliphatic carbocycles. The smallest absolute Gasteiger partial charge is 0.170 e. The number of carbonyl (C=O) groups excluding carboxylic acids is 1. The molecule has 2 aromatic rings. The Morgan fingerprint density at radius 2 is 2.12 bits per heavy atom. The number of rotatable bonds is 3.